The Balaban J connectivity index is 2.39. The SMILES string of the molecule is CC(N)C(O)c1cc2c(cc1F)COCO2. The first-order chi connectivity index (χ1) is 7.59. The van der Waals surface area contributed by atoms with E-state index in [1.165, 1.54) is 12.1 Å². The summed E-state index contributed by atoms with van der Waals surface area (Å²) >= 11 is 0. The molecule has 0 spiro atoms. The maximum atomic E-state index is 13.7. The van der Waals surface area contributed by atoms with Gasteiger partial charge in [-0.25, -0.2) is 4.39 Å². The van der Waals surface area contributed by atoms with E-state index < -0.39 is 18.0 Å². The van der Waals surface area contributed by atoms with Crippen molar-refractivity contribution in [2.45, 2.75) is 25.7 Å². The molecule has 1 heterocycles. The molecule has 1 aliphatic heterocycles. The van der Waals surface area contributed by atoms with Crippen LogP contribution < -0.4 is 10.5 Å². The van der Waals surface area contributed by atoms with E-state index in [2.05, 4.69) is 0 Å². The number of halogens is 1. The number of benzene rings is 1. The van der Waals surface area contributed by atoms with Crippen LogP contribution in [0.3, 0.4) is 0 Å². The number of rotatable bonds is 2. The lowest BCUT2D eigenvalue weighted by molar-refractivity contribution is -0.0169. The second kappa shape index (κ2) is 4.37. The predicted molar refractivity (Wildman–Crippen MR) is 55.3 cm³/mol. The highest BCUT2D eigenvalue weighted by molar-refractivity contribution is 5.40. The van der Waals surface area contributed by atoms with Gasteiger partial charge in [0.05, 0.1) is 12.7 Å². The van der Waals surface area contributed by atoms with Crippen LogP contribution >= 0.6 is 0 Å². The number of hydrogen-bond acceptors (Lipinski definition) is 4. The van der Waals surface area contributed by atoms with Gasteiger partial charge in [-0.05, 0) is 19.1 Å². The zero-order valence-electron chi connectivity index (χ0n) is 8.94. The highest BCUT2D eigenvalue weighted by atomic mass is 19.1. The van der Waals surface area contributed by atoms with Crippen molar-refractivity contribution in [1.82, 2.24) is 0 Å². The van der Waals surface area contributed by atoms with Gasteiger partial charge in [0.2, 0.25) is 0 Å². The van der Waals surface area contributed by atoms with Crippen molar-refractivity contribution >= 4 is 0 Å². The molecule has 0 radical (unpaired) electrons. The number of nitrogens with two attached hydrogens (primary N) is 1. The lowest BCUT2D eigenvalue weighted by Crippen LogP contribution is -2.25. The highest BCUT2D eigenvalue weighted by Gasteiger charge is 2.21. The summed E-state index contributed by atoms with van der Waals surface area (Å²) in [5.74, 6) is 0.0556. The van der Waals surface area contributed by atoms with Crippen molar-refractivity contribution in [1.29, 1.82) is 0 Å². The van der Waals surface area contributed by atoms with Crippen LogP contribution in [0.15, 0.2) is 12.1 Å². The average molecular weight is 227 g/mol. The van der Waals surface area contributed by atoms with Crippen LogP contribution in [0.1, 0.15) is 24.2 Å². The summed E-state index contributed by atoms with van der Waals surface area (Å²) in [4.78, 5) is 0. The van der Waals surface area contributed by atoms with Gasteiger partial charge in [0.25, 0.3) is 0 Å². The molecule has 2 atom stereocenters. The van der Waals surface area contributed by atoms with E-state index in [1.54, 1.807) is 6.92 Å². The first-order valence-electron chi connectivity index (χ1n) is 5.06. The molecular weight excluding hydrogens is 213 g/mol. The van der Waals surface area contributed by atoms with E-state index in [4.69, 9.17) is 15.2 Å². The predicted octanol–water partition coefficient (Wildman–Crippen LogP) is 1.07. The Morgan fingerprint density at radius 3 is 2.94 bits per heavy atom. The van der Waals surface area contributed by atoms with Crippen molar-refractivity contribution in [3.05, 3.63) is 29.1 Å². The Bertz CT molecular complexity index is 395. The molecule has 0 fully saturated rings. The van der Waals surface area contributed by atoms with Gasteiger partial charge in [0.15, 0.2) is 6.79 Å². The number of fused-ring (bicyclic) bond motifs is 1. The second-order valence-electron chi connectivity index (χ2n) is 3.90. The molecule has 0 bridgehead atoms. The largest absolute Gasteiger partial charge is 0.467 e. The molecule has 4 nitrogen and oxygen atoms in total. The van der Waals surface area contributed by atoms with Gasteiger partial charge in [0, 0.05) is 17.2 Å². The van der Waals surface area contributed by atoms with Crippen LogP contribution in [0.25, 0.3) is 0 Å². The fourth-order valence-electron chi connectivity index (χ4n) is 1.62. The minimum absolute atomic E-state index is 0.145. The fourth-order valence-corrected chi connectivity index (χ4v) is 1.62. The minimum Gasteiger partial charge on any atom is -0.467 e. The van der Waals surface area contributed by atoms with Gasteiger partial charge in [-0.15, -0.1) is 0 Å². The summed E-state index contributed by atoms with van der Waals surface area (Å²) in [5.41, 5.74) is 6.34. The summed E-state index contributed by atoms with van der Waals surface area (Å²) < 4.78 is 23.9. The number of aliphatic hydroxyl groups excluding tert-OH is 1. The molecule has 1 aromatic rings. The summed E-state index contributed by atoms with van der Waals surface area (Å²) in [6, 6.07) is 2.27. The third kappa shape index (κ3) is 2.02. The smallest absolute Gasteiger partial charge is 0.189 e. The van der Waals surface area contributed by atoms with Gasteiger partial charge in [-0.2, -0.15) is 0 Å². The molecule has 0 aliphatic carbocycles. The van der Waals surface area contributed by atoms with Gasteiger partial charge in [-0.1, -0.05) is 0 Å². The van der Waals surface area contributed by atoms with Crippen LogP contribution in [0, 0.1) is 5.82 Å². The number of aliphatic hydroxyl groups is 1. The summed E-state index contributed by atoms with van der Waals surface area (Å²) in [5, 5.41) is 9.73. The third-order valence-corrected chi connectivity index (χ3v) is 2.55. The Morgan fingerprint density at radius 2 is 2.25 bits per heavy atom. The maximum Gasteiger partial charge on any atom is 0.189 e. The fraction of sp³-hybridized carbons (Fsp3) is 0.455. The van der Waals surface area contributed by atoms with Gasteiger partial charge >= 0.3 is 0 Å². The third-order valence-electron chi connectivity index (χ3n) is 2.55. The van der Waals surface area contributed by atoms with E-state index in [-0.39, 0.29) is 12.4 Å². The van der Waals surface area contributed by atoms with Gasteiger partial charge in [-0.3, -0.25) is 0 Å². The lowest BCUT2D eigenvalue weighted by atomic mass is 10.0. The van der Waals surface area contributed by atoms with Crippen molar-refractivity contribution in [3.8, 4) is 5.75 Å². The minimum atomic E-state index is -1.03. The van der Waals surface area contributed by atoms with Crippen LogP contribution in [0.2, 0.25) is 0 Å². The molecule has 5 heteroatoms. The number of hydrogen-bond donors (Lipinski definition) is 2. The van der Waals surface area contributed by atoms with Crippen molar-refractivity contribution in [3.63, 3.8) is 0 Å². The Kier molecular flexibility index (Phi) is 3.09. The van der Waals surface area contributed by atoms with Crippen molar-refractivity contribution < 1.29 is 19.0 Å². The van der Waals surface area contributed by atoms with Crippen LogP contribution in [0.5, 0.6) is 5.75 Å². The van der Waals surface area contributed by atoms with Crippen molar-refractivity contribution in [2.75, 3.05) is 6.79 Å². The Hall–Kier alpha value is -1.17. The monoisotopic (exact) mass is 227 g/mol. The molecule has 1 aliphatic rings. The molecule has 0 saturated carbocycles. The average Bonchev–Trinajstić information content (AvgIpc) is 2.27. The quantitative estimate of drug-likeness (QED) is 0.793. The van der Waals surface area contributed by atoms with E-state index >= 15 is 0 Å². The normalized spacial score (nSPS) is 18.5. The van der Waals surface area contributed by atoms with Crippen LogP contribution in [-0.2, 0) is 11.3 Å². The molecule has 16 heavy (non-hydrogen) atoms. The summed E-state index contributed by atoms with van der Waals surface area (Å²) in [7, 11) is 0. The van der Waals surface area contributed by atoms with E-state index in [9.17, 15) is 9.50 Å². The van der Waals surface area contributed by atoms with Gasteiger partial charge in [0.1, 0.15) is 11.6 Å². The Morgan fingerprint density at radius 1 is 1.50 bits per heavy atom. The number of ether oxygens (including phenoxy) is 2. The van der Waals surface area contributed by atoms with Crippen LogP contribution in [-0.4, -0.2) is 17.9 Å². The molecule has 0 aromatic heterocycles. The molecule has 2 unspecified atom stereocenters. The second-order valence-corrected chi connectivity index (χ2v) is 3.90. The van der Waals surface area contributed by atoms with E-state index in [0.717, 1.165) is 0 Å². The maximum absolute atomic E-state index is 13.7. The summed E-state index contributed by atoms with van der Waals surface area (Å²) in [6.07, 6.45) is -1.03. The standard InChI is InChI=1S/C11H14FNO3/c1-6(13)11(14)8-3-10-7(2-9(8)12)4-15-5-16-10/h2-3,6,11,14H,4-5,13H2,1H3. The first-order valence-corrected chi connectivity index (χ1v) is 5.06. The molecule has 0 amide bonds. The molecule has 0 saturated heterocycles. The highest BCUT2D eigenvalue weighted by Crippen LogP contribution is 2.30. The topological polar surface area (TPSA) is 64.7 Å². The Labute approximate surface area is 92.8 Å². The van der Waals surface area contributed by atoms with Crippen LogP contribution in [0.4, 0.5) is 4.39 Å². The molecular formula is C11H14FNO3. The molecule has 1 aromatic carbocycles. The van der Waals surface area contributed by atoms with E-state index in [1.807, 2.05) is 0 Å². The zero-order valence-corrected chi connectivity index (χ0v) is 8.94. The zero-order chi connectivity index (χ0) is 11.7. The van der Waals surface area contributed by atoms with Gasteiger partial charge < -0.3 is 20.3 Å². The first kappa shape index (κ1) is 11.3. The summed E-state index contributed by atoms with van der Waals surface area (Å²) in [6.45, 7) is 2.08. The van der Waals surface area contributed by atoms with E-state index in [0.29, 0.717) is 17.9 Å². The molecule has 2 rings (SSSR count). The molecule has 3 N–H and O–H groups in total. The van der Waals surface area contributed by atoms with Crippen molar-refractivity contribution in [2.24, 2.45) is 5.73 Å². The molecule has 88 valence electrons. The lowest BCUT2D eigenvalue weighted by Gasteiger charge is -2.21.